The van der Waals surface area contributed by atoms with Crippen molar-refractivity contribution >= 4 is 60.8 Å². The monoisotopic (exact) mass is 576 g/mol. The largest absolute Gasteiger partial charge is 0.466 e. The van der Waals surface area contributed by atoms with E-state index in [4.69, 9.17) is 21.7 Å². The number of hydrogen-bond acceptors (Lipinski definition) is 7. The van der Waals surface area contributed by atoms with Gasteiger partial charge in [0.05, 0.1) is 13.0 Å². The van der Waals surface area contributed by atoms with Crippen LogP contribution in [-0.2, 0) is 30.9 Å². The number of nitrogens with zero attached hydrogens (tertiary/aromatic N) is 3. The molecule has 1 fully saturated rings. The van der Waals surface area contributed by atoms with E-state index in [0.29, 0.717) is 15.6 Å². The van der Waals surface area contributed by atoms with Gasteiger partial charge in [0.1, 0.15) is 16.1 Å². The first-order chi connectivity index (χ1) is 18.0. The summed E-state index contributed by atoms with van der Waals surface area (Å²) in [6.07, 6.45) is -0.377. The van der Waals surface area contributed by atoms with Crippen molar-refractivity contribution in [2.45, 2.75) is 30.1 Å². The van der Waals surface area contributed by atoms with Crippen molar-refractivity contribution in [3.05, 3.63) is 64.7 Å². The molecule has 0 spiro atoms. The average Bonchev–Trinajstić information content (AvgIpc) is 3.30. The minimum absolute atomic E-state index is 0.0382. The molecule has 12 heteroatoms. The summed E-state index contributed by atoms with van der Waals surface area (Å²) in [4.78, 5) is 29.3. The predicted molar refractivity (Wildman–Crippen MR) is 148 cm³/mol. The van der Waals surface area contributed by atoms with Gasteiger partial charge in [0.15, 0.2) is 0 Å². The summed E-state index contributed by atoms with van der Waals surface area (Å²) in [6, 6.07) is 12.8. The van der Waals surface area contributed by atoms with Gasteiger partial charge in [-0.2, -0.15) is 4.31 Å². The number of ether oxygens (including phenoxy) is 1. The van der Waals surface area contributed by atoms with Gasteiger partial charge in [-0.05, 0) is 36.1 Å². The van der Waals surface area contributed by atoms with Crippen LogP contribution in [-0.4, -0.2) is 80.1 Å². The lowest BCUT2D eigenvalue weighted by Crippen LogP contribution is -2.58. The molecule has 0 saturated carbocycles. The second-order valence-corrected chi connectivity index (χ2v) is 12.7. The van der Waals surface area contributed by atoms with Crippen molar-refractivity contribution in [3.63, 3.8) is 0 Å². The number of esters is 1. The van der Waals surface area contributed by atoms with Crippen LogP contribution in [0.2, 0.25) is 5.02 Å². The van der Waals surface area contributed by atoms with E-state index in [1.807, 2.05) is 24.3 Å². The average molecular weight is 577 g/mol. The molecule has 1 amide bonds. The minimum atomic E-state index is -4.07. The maximum atomic E-state index is 13.7. The van der Waals surface area contributed by atoms with E-state index in [0.717, 1.165) is 32.2 Å². The summed E-state index contributed by atoms with van der Waals surface area (Å²) >= 11 is 7.15. The van der Waals surface area contributed by atoms with Gasteiger partial charge in [-0.25, -0.2) is 8.42 Å². The second-order valence-electron chi connectivity index (χ2n) is 9.09. The minimum Gasteiger partial charge on any atom is -0.466 e. The molecular formula is C26H29ClN4O5S2. The van der Waals surface area contributed by atoms with Crippen LogP contribution >= 0.6 is 22.9 Å². The van der Waals surface area contributed by atoms with Gasteiger partial charge in [0.25, 0.3) is 10.0 Å². The fourth-order valence-electron chi connectivity index (χ4n) is 4.30. The maximum Gasteiger partial charge on any atom is 0.307 e. The molecular weight excluding hydrogens is 548 g/mol. The van der Waals surface area contributed by atoms with Crippen molar-refractivity contribution in [1.82, 2.24) is 14.1 Å². The zero-order valence-electron chi connectivity index (χ0n) is 21.3. The lowest BCUT2D eigenvalue weighted by molar-refractivity contribution is -0.150. The van der Waals surface area contributed by atoms with Crippen molar-refractivity contribution in [2.24, 2.45) is 0 Å². The third kappa shape index (κ3) is 5.85. The Kier molecular flexibility index (Phi) is 8.41. The first-order valence-electron chi connectivity index (χ1n) is 12.0. The van der Waals surface area contributed by atoms with Crippen molar-refractivity contribution in [3.8, 4) is 0 Å². The molecule has 3 aromatic rings. The number of thiophene rings is 1. The summed E-state index contributed by atoms with van der Waals surface area (Å²) in [5, 5.41) is 9.34. The highest BCUT2D eigenvalue weighted by Crippen LogP contribution is 2.34. The molecule has 2 heterocycles. The SMILES string of the molecule is CCOC(=O)CC1C(=O)N(Cc2ccc(C(=N)N(C)C)cc2)CCN1S(=O)(=O)c1cc2ccc(Cl)cc2s1. The van der Waals surface area contributed by atoms with Gasteiger partial charge in [0, 0.05) is 49.0 Å². The van der Waals surface area contributed by atoms with Gasteiger partial charge in [0.2, 0.25) is 5.91 Å². The third-order valence-electron chi connectivity index (χ3n) is 6.27. The van der Waals surface area contributed by atoms with E-state index >= 15 is 0 Å². The summed E-state index contributed by atoms with van der Waals surface area (Å²) in [6.45, 7) is 2.24. The highest BCUT2D eigenvalue weighted by atomic mass is 35.5. The molecule has 1 aliphatic rings. The number of piperazine rings is 1. The van der Waals surface area contributed by atoms with E-state index in [1.54, 1.807) is 55.1 Å². The van der Waals surface area contributed by atoms with Crippen LogP contribution in [0.3, 0.4) is 0 Å². The fraction of sp³-hybridized carbons (Fsp3) is 0.346. The Morgan fingerprint density at radius 2 is 1.87 bits per heavy atom. The maximum absolute atomic E-state index is 13.7. The molecule has 1 atom stereocenters. The molecule has 1 aliphatic heterocycles. The topological polar surface area (TPSA) is 111 Å². The quantitative estimate of drug-likeness (QED) is 0.248. The number of fused-ring (bicyclic) bond motifs is 1. The molecule has 9 nitrogen and oxygen atoms in total. The van der Waals surface area contributed by atoms with Crippen molar-refractivity contribution in [1.29, 1.82) is 5.41 Å². The highest BCUT2D eigenvalue weighted by Gasteiger charge is 2.43. The molecule has 1 aromatic heterocycles. The van der Waals surface area contributed by atoms with Crippen LogP contribution in [0.15, 0.2) is 52.7 Å². The van der Waals surface area contributed by atoms with Crippen LogP contribution < -0.4 is 0 Å². The van der Waals surface area contributed by atoms with Crippen LogP contribution in [0.5, 0.6) is 0 Å². The van der Waals surface area contributed by atoms with Gasteiger partial charge >= 0.3 is 5.97 Å². The van der Waals surface area contributed by atoms with Gasteiger partial charge in [-0.1, -0.05) is 41.9 Å². The number of carbonyl (C=O) groups excluding carboxylic acids is 2. The Labute approximate surface area is 231 Å². The highest BCUT2D eigenvalue weighted by molar-refractivity contribution is 7.91. The summed E-state index contributed by atoms with van der Waals surface area (Å²) in [7, 11) is -0.490. The second kappa shape index (κ2) is 11.4. The number of benzene rings is 2. The van der Waals surface area contributed by atoms with E-state index in [2.05, 4.69) is 0 Å². The number of halogens is 1. The first-order valence-corrected chi connectivity index (χ1v) is 14.6. The molecule has 38 heavy (non-hydrogen) atoms. The molecule has 1 unspecified atom stereocenters. The fourth-order valence-corrected chi connectivity index (χ4v) is 7.68. The molecule has 202 valence electrons. The van der Waals surface area contributed by atoms with E-state index in [9.17, 15) is 18.0 Å². The number of amidine groups is 1. The molecule has 0 bridgehead atoms. The normalized spacial score (nSPS) is 16.6. The lowest BCUT2D eigenvalue weighted by atomic mass is 10.1. The lowest BCUT2D eigenvalue weighted by Gasteiger charge is -2.39. The Bertz CT molecular complexity index is 1470. The van der Waals surface area contributed by atoms with Gasteiger partial charge in [-0.3, -0.25) is 15.0 Å². The molecule has 4 rings (SSSR count). The van der Waals surface area contributed by atoms with Crippen LogP contribution in [0, 0.1) is 5.41 Å². The van der Waals surface area contributed by atoms with E-state index < -0.39 is 27.9 Å². The Balaban J connectivity index is 1.60. The zero-order valence-corrected chi connectivity index (χ0v) is 23.7. The standard InChI is InChI=1S/C26H29ClN4O5S2/c1-4-36-23(32)15-21-26(33)30(16-17-5-7-18(8-6-17)25(28)29(2)3)11-12-31(21)38(34,35)24-13-19-9-10-20(27)14-22(19)37-24/h5-10,13-14,21,28H,4,11-12,15-16H2,1-3H3. The number of sulfonamides is 1. The smallest absolute Gasteiger partial charge is 0.307 e. The summed E-state index contributed by atoms with van der Waals surface area (Å²) in [5.41, 5.74) is 1.58. The predicted octanol–water partition coefficient (Wildman–Crippen LogP) is 3.80. The third-order valence-corrected chi connectivity index (χ3v) is 9.96. The molecule has 2 aromatic carbocycles. The van der Waals surface area contributed by atoms with Crippen LogP contribution in [0.25, 0.3) is 10.1 Å². The summed E-state index contributed by atoms with van der Waals surface area (Å²) in [5.74, 6) is -0.728. The van der Waals surface area contributed by atoms with E-state index in [1.165, 1.54) is 0 Å². The van der Waals surface area contributed by atoms with E-state index in [-0.39, 0.29) is 36.9 Å². The first kappa shape index (κ1) is 28.0. The summed E-state index contributed by atoms with van der Waals surface area (Å²) < 4.78 is 34.4. The van der Waals surface area contributed by atoms with Gasteiger partial charge < -0.3 is 14.5 Å². The zero-order chi connectivity index (χ0) is 27.6. The van der Waals surface area contributed by atoms with Gasteiger partial charge in [-0.15, -0.1) is 11.3 Å². The number of hydrogen-bond donors (Lipinski definition) is 1. The van der Waals surface area contributed by atoms with Crippen LogP contribution in [0.4, 0.5) is 0 Å². The molecule has 1 saturated heterocycles. The Hall–Kier alpha value is -2.99. The van der Waals surface area contributed by atoms with Crippen molar-refractivity contribution < 1.29 is 22.7 Å². The number of carbonyl (C=O) groups is 2. The van der Waals surface area contributed by atoms with Crippen LogP contribution in [0.1, 0.15) is 24.5 Å². The number of amides is 1. The van der Waals surface area contributed by atoms with Crippen molar-refractivity contribution in [2.75, 3.05) is 33.8 Å². The number of rotatable bonds is 8. The Morgan fingerprint density at radius 3 is 2.53 bits per heavy atom. The molecule has 0 radical (unpaired) electrons. The number of nitrogens with one attached hydrogen (secondary N) is 1. The Morgan fingerprint density at radius 1 is 1.16 bits per heavy atom. The molecule has 1 N–H and O–H groups in total. The molecule has 0 aliphatic carbocycles.